The molecular weight excluding hydrogens is 331 g/mol. The molecule has 4 rings (SSSR count). The van der Waals surface area contributed by atoms with E-state index in [1.807, 2.05) is 0 Å². The van der Waals surface area contributed by atoms with E-state index in [9.17, 15) is 9.18 Å². The highest BCUT2D eigenvalue weighted by Gasteiger charge is 2.25. The first kappa shape index (κ1) is 15.0. The van der Waals surface area contributed by atoms with Crippen molar-refractivity contribution in [2.75, 3.05) is 31.1 Å². The van der Waals surface area contributed by atoms with Gasteiger partial charge in [0.15, 0.2) is 5.82 Å². The summed E-state index contributed by atoms with van der Waals surface area (Å²) in [5, 5.41) is 12.6. The van der Waals surface area contributed by atoms with Crippen LogP contribution in [-0.2, 0) is 0 Å². The van der Waals surface area contributed by atoms with Crippen LogP contribution in [-0.4, -0.2) is 56.8 Å². The standard InChI is InChI=1S/C15H15FN6OS/c1-10-17-18-15-22(10)19-13(24-15)14(23)21-8-6-20(7-9-21)12-4-2-11(16)3-5-12/h2-5H,6-9H2,1H3. The average Bonchev–Trinajstić information content (AvgIpc) is 3.18. The Balaban J connectivity index is 1.45. The van der Waals surface area contributed by atoms with Crippen LogP contribution in [0.15, 0.2) is 24.3 Å². The van der Waals surface area contributed by atoms with Gasteiger partial charge in [0.25, 0.3) is 5.91 Å². The number of fused-ring (bicyclic) bond motifs is 1. The summed E-state index contributed by atoms with van der Waals surface area (Å²) < 4.78 is 14.6. The van der Waals surface area contributed by atoms with Crippen LogP contribution >= 0.6 is 11.3 Å². The Morgan fingerprint density at radius 2 is 1.83 bits per heavy atom. The third-order valence-electron chi connectivity index (χ3n) is 4.09. The maximum absolute atomic E-state index is 13.0. The molecule has 0 atom stereocenters. The number of nitrogens with zero attached hydrogens (tertiary/aromatic N) is 6. The Hall–Kier alpha value is -2.55. The molecule has 0 saturated carbocycles. The van der Waals surface area contributed by atoms with E-state index in [2.05, 4.69) is 20.2 Å². The lowest BCUT2D eigenvalue weighted by atomic mass is 10.2. The first-order valence-electron chi connectivity index (χ1n) is 7.60. The van der Waals surface area contributed by atoms with Crippen LogP contribution < -0.4 is 4.90 Å². The largest absolute Gasteiger partial charge is 0.368 e. The molecule has 3 aromatic rings. The predicted octanol–water partition coefficient (Wildman–Crippen LogP) is 1.60. The number of carbonyl (C=O) groups is 1. The zero-order valence-electron chi connectivity index (χ0n) is 13.0. The number of rotatable bonds is 2. The van der Waals surface area contributed by atoms with Crippen LogP contribution in [0.4, 0.5) is 10.1 Å². The average molecular weight is 346 g/mol. The summed E-state index contributed by atoms with van der Waals surface area (Å²) in [6.45, 7) is 4.43. The molecule has 2 aromatic heterocycles. The van der Waals surface area contributed by atoms with E-state index in [4.69, 9.17) is 0 Å². The van der Waals surface area contributed by atoms with Crippen molar-refractivity contribution in [3.05, 3.63) is 40.9 Å². The molecule has 124 valence electrons. The van der Waals surface area contributed by atoms with Gasteiger partial charge in [-0.1, -0.05) is 11.3 Å². The molecule has 0 bridgehead atoms. The number of anilines is 1. The number of amides is 1. The highest BCUT2D eigenvalue weighted by Crippen LogP contribution is 2.20. The maximum Gasteiger partial charge on any atom is 0.284 e. The van der Waals surface area contributed by atoms with Crippen molar-refractivity contribution < 1.29 is 9.18 Å². The first-order chi connectivity index (χ1) is 11.6. The van der Waals surface area contributed by atoms with E-state index in [-0.39, 0.29) is 11.7 Å². The lowest BCUT2D eigenvalue weighted by Crippen LogP contribution is -2.48. The van der Waals surface area contributed by atoms with Crippen molar-refractivity contribution in [2.45, 2.75) is 6.92 Å². The van der Waals surface area contributed by atoms with Gasteiger partial charge in [0.05, 0.1) is 0 Å². The van der Waals surface area contributed by atoms with Gasteiger partial charge in [-0.2, -0.15) is 4.52 Å². The van der Waals surface area contributed by atoms with Crippen LogP contribution in [0.1, 0.15) is 15.6 Å². The fourth-order valence-corrected chi connectivity index (χ4v) is 3.61. The molecule has 24 heavy (non-hydrogen) atoms. The van der Waals surface area contributed by atoms with Crippen LogP contribution in [0.25, 0.3) is 4.96 Å². The summed E-state index contributed by atoms with van der Waals surface area (Å²) in [6, 6.07) is 6.43. The monoisotopic (exact) mass is 346 g/mol. The van der Waals surface area contributed by atoms with Gasteiger partial charge in [0.2, 0.25) is 9.97 Å². The van der Waals surface area contributed by atoms with Gasteiger partial charge in [0, 0.05) is 31.9 Å². The van der Waals surface area contributed by atoms with Gasteiger partial charge in [-0.3, -0.25) is 4.79 Å². The summed E-state index contributed by atoms with van der Waals surface area (Å²) in [5.41, 5.74) is 0.970. The van der Waals surface area contributed by atoms with Crippen LogP contribution in [0, 0.1) is 12.7 Å². The third kappa shape index (κ3) is 2.60. The zero-order valence-corrected chi connectivity index (χ0v) is 13.8. The van der Waals surface area contributed by atoms with Crippen LogP contribution in [0.3, 0.4) is 0 Å². The normalized spacial score (nSPS) is 15.2. The SMILES string of the molecule is Cc1nnc2sc(C(=O)N3CCN(c4ccc(F)cc4)CC3)nn12. The second-order valence-corrected chi connectivity index (χ2v) is 6.56. The molecular formula is C15H15FN6OS. The van der Waals surface area contributed by atoms with Gasteiger partial charge in [-0.15, -0.1) is 15.3 Å². The molecule has 0 aliphatic carbocycles. The molecule has 0 unspecified atom stereocenters. The van der Waals surface area contributed by atoms with Crippen molar-refractivity contribution in [1.29, 1.82) is 0 Å². The number of aryl methyl sites for hydroxylation is 1. The molecule has 0 N–H and O–H groups in total. The van der Waals surface area contributed by atoms with E-state index in [0.29, 0.717) is 42.0 Å². The highest BCUT2D eigenvalue weighted by molar-refractivity contribution is 7.18. The summed E-state index contributed by atoms with van der Waals surface area (Å²) in [6.07, 6.45) is 0. The highest BCUT2D eigenvalue weighted by atomic mass is 32.1. The summed E-state index contributed by atoms with van der Waals surface area (Å²) in [4.78, 5) is 17.2. The van der Waals surface area contributed by atoms with Crippen molar-refractivity contribution in [2.24, 2.45) is 0 Å². The smallest absolute Gasteiger partial charge is 0.284 e. The molecule has 1 saturated heterocycles. The van der Waals surface area contributed by atoms with Crippen molar-refractivity contribution >= 4 is 27.9 Å². The number of aromatic nitrogens is 4. The molecule has 1 aromatic carbocycles. The van der Waals surface area contributed by atoms with E-state index in [1.165, 1.54) is 23.5 Å². The number of benzene rings is 1. The molecule has 9 heteroatoms. The molecule has 0 radical (unpaired) electrons. The summed E-state index contributed by atoms with van der Waals surface area (Å²) in [5.74, 6) is 0.344. The van der Waals surface area contributed by atoms with Crippen LogP contribution in [0.2, 0.25) is 0 Å². The second-order valence-electron chi connectivity index (χ2n) is 5.60. The number of hydrogen-bond acceptors (Lipinski definition) is 6. The van der Waals surface area contributed by atoms with Gasteiger partial charge < -0.3 is 9.80 Å². The minimum Gasteiger partial charge on any atom is -0.368 e. The third-order valence-corrected chi connectivity index (χ3v) is 4.98. The van der Waals surface area contributed by atoms with E-state index in [1.54, 1.807) is 28.5 Å². The fraction of sp³-hybridized carbons (Fsp3) is 0.333. The number of piperazine rings is 1. The molecule has 1 aliphatic heterocycles. The lowest BCUT2D eigenvalue weighted by molar-refractivity contribution is 0.0745. The minimum atomic E-state index is -0.244. The van der Waals surface area contributed by atoms with Crippen molar-refractivity contribution in [3.63, 3.8) is 0 Å². The number of carbonyl (C=O) groups excluding carboxylic acids is 1. The van der Waals surface area contributed by atoms with E-state index in [0.717, 1.165) is 5.69 Å². The van der Waals surface area contributed by atoms with Gasteiger partial charge in [0.1, 0.15) is 5.82 Å². The van der Waals surface area contributed by atoms with Crippen molar-refractivity contribution in [1.82, 2.24) is 24.7 Å². The van der Waals surface area contributed by atoms with E-state index >= 15 is 0 Å². The second kappa shape index (κ2) is 5.82. The zero-order chi connectivity index (χ0) is 16.7. The Morgan fingerprint density at radius 1 is 1.12 bits per heavy atom. The number of hydrogen-bond donors (Lipinski definition) is 0. The molecule has 7 nitrogen and oxygen atoms in total. The molecule has 3 heterocycles. The van der Waals surface area contributed by atoms with Gasteiger partial charge in [-0.25, -0.2) is 4.39 Å². The Labute approximate surface area is 141 Å². The Bertz CT molecular complexity index is 881. The quantitative estimate of drug-likeness (QED) is 0.705. The fourth-order valence-electron chi connectivity index (χ4n) is 2.76. The molecule has 1 amide bonds. The first-order valence-corrected chi connectivity index (χ1v) is 8.42. The minimum absolute atomic E-state index is 0.0799. The van der Waals surface area contributed by atoms with Crippen LogP contribution in [0.5, 0.6) is 0 Å². The molecule has 1 fully saturated rings. The van der Waals surface area contributed by atoms with Crippen molar-refractivity contribution in [3.8, 4) is 0 Å². The van der Waals surface area contributed by atoms with E-state index < -0.39 is 0 Å². The topological polar surface area (TPSA) is 66.6 Å². The molecule has 1 aliphatic rings. The Kier molecular flexibility index (Phi) is 3.64. The summed E-state index contributed by atoms with van der Waals surface area (Å²) in [7, 11) is 0. The molecule has 0 spiro atoms. The van der Waals surface area contributed by atoms with Gasteiger partial charge >= 0.3 is 0 Å². The number of halogens is 1. The summed E-state index contributed by atoms with van der Waals surface area (Å²) >= 11 is 1.25. The Morgan fingerprint density at radius 3 is 2.50 bits per heavy atom. The maximum atomic E-state index is 13.0. The predicted molar refractivity (Wildman–Crippen MR) is 87.9 cm³/mol. The lowest BCUT2D eigenvalue weighted by Gasteiger charge is -2.35. The van der Waals surface area contributed by atoms with Gasteiger partial charge in [-0.05, 0) is 31.2 Å².